The van der Waals surface area contributed by atoms with Gasteiger partial charge in [0, 0.05) is 11.0 Å². The van der Waals surface area contributed by atoms with Gasteiger partial charge in [0.15, 0.2) is 5.65 Å². The lowest BCUT2D eigenvalue weighted by atomic mass is 10.3. The number of ether oxygens (including phenoxy) is 1. The predicted molar refractivity (Wildman–Crippen MR) is 84.7 cm³/mol. The lowest BCUT2D eigenvalue weighted by Crippen LogP contribution is -2.05. The third-order valence-corrected chi connectivity index (χ3v) is 3.34. The van der Waals surface area contributed by atoms with Gasteiger partial charge in [0.25, 0.3) is 5.88 Å². The Morgan fingerprint density at radius 2 is 2.05 bits per heavy atom. The lowest BCUT2D eigenvalue weighted by Gasteiger charge is -2.08. The predicted octanol–water partition coefficient (Wildman–Crippen LogP) is 3.73. The van der Waals surface area contributed by atoms with Gasteiger partial charge in [-0.3, -0.25) is 0 Å². The molecule has 2 N–H and O–H groups in total. The topological polar surface area (TPSA) is 75.7 Å². The van der Waals surface area contributed by atoms with Crippen molar-refractivity contribution in [3.05, 3.63) is 35.1 Å². The zero-order valence-electron chi connectivity index (χ0n) is 11.4. The maximum atomic E-state index is 5.84. The summed E-state index contributed by atoms with van der Waals surface area (Å²) in [5.41, 5.74) is 1.26. The average molecular weight is 348 g/mol. The second-order valence-electron chi connectivity index (χ2n) is 4.44. The summed E-state index contributed by atoms with van der Waals surface area (Å²) >= 11 is 3.40. The van der Waals surface area contributed by atoms with Crippen molar-refractivity contribution < 1.29 is 4.74 Å². The molecule has 3 rings (SSSR count). The first-order valence-electron chi connectivity index (χ1n) is 6.64. The third kappa shape index (κ3) is 3.13. The zero-order valence-corrected chi connectivity index (χ0v) is 13.0. The number of nitrogens with zero attached hydrogens (tertiary/aromatic N) is 3. The molecule has 0 atom stereocenters. The molecule has 0 spiro atoms. The largest absolute Gasteiger partial charge is 0.437 e. The zero-order chi connectivity index (χ0) is 14.7. The van der Waals surface area contributed by atoms with E-state index in [1.54, 1.807) is 6.33 Å². The van der Waals surface area contributed by atoms with E-state index in [1.165, 1.54) is 0 Å². The van der Waals surface area contributed by atoms with E-state index in [1.807, 2.05) is 24.3 Å². The van der Waals surface area contributed by atoms with Gasteiger partial charge in [-0.2, -0.15) is 9.97 Å². The number of aromatic amines is 1. The average Bonchev–Trinajstić information content (AvgIpc) is 2.96. The number of hydrogen-bond acceptors (Lipinski definition) is 5. The van der Waals surface area contributed by atoms with Gasteiger partial charge in [0.05, 0.1) is 6.33 Å². The summed E-state index contributed by atoms with van der Waals surface area (Å²) in [6.45, 7) is 2.88. The Bertz CT molecular complexity index is 741. The van der Waals surface area contributed by atoms with Crippen LogP contribution >= 0.6 is 15.9 Å². The summed E-state index contributed by atoms with van der Waals surface area (Å²) in [4.78, 5) is 15.9. The molecule has 0 radical (unpaired) electrons. The van der Waals surface area contributed by atoms with Gasteiger partial charge in [-0.25, -0.2) is 4.98 Å². The Kier molecular flexibility index (Phi) is 4.01. The van der Waals surface area contributed by atoms with E-state index in [0.717, 1.165) is 17.4 Å². The summed E-state index contributed by atoms with van der Waals surface area (Å²) in [7, 11) is 0. The van der Waals surface area contributed by atoms with Crippen molar-refractivity contribution in [3.63, 3.8) is 0 Å². The number of aromatic nitrogens is 4. The molecule has 0 saturated heterocycles. The Morgan fingerprint density at radius 3 is 2.81 bits per heavy atom. The summed E-state index contributed by atoms with van der Waals surface area (Å²) in [5.74, 6) is 1.68. The number of hydrogen-bond donors (Lipinski definition) is 2. The van der Waals surface area contributed by atoms with E-state index >= 15 is 0 Å². The summed E-state index contributed by atoms with van der Waals surface area (Å²) in [6.07, 6.45) is 2.57. The fourth-order valence-electron chi connectivity index (χ4n) is 1.81. The van der Waals surface area contributed by atoms with Gasteiger partial charge < -0.3 is 15.0 Å². The minimum atomic E-state index is 0.457. The number of benzene rings is 1. The van der Waals surface area contributed by atoms with E-state index in [2.05, 4.69) is 48.1 Å². The number of imidazole rings is 1. The van der Waals surface area contributed by atoms with E-state index in [0.29, 0.717) is 28.7 Å². The molecule has 0 unspecified atom stereocenters. The van der Waals surface area contributed by atoms with Crippen LogP contribution in [0, 0.1) is 0 Å². The van der Waals surface area contributed by atoms with Crippen LogP contribution in [0.15, 0.2) is 35.1 Å². The number of anilines is 1. The number of fused-ring (bicyclic) bond motifs is 1. The van der Waals surface area contributed by atoms with E-state index < -0.39 is 0 Å². The fraction of sp³-hybridized carbons (Fsp3) is 0.214. The highest BCUT2D eigenvalue weighted by Gasteiger charge is 2.11. The third-order valence-electron chi connectivity index (χ3n) is 2.81. The molecule has 0 bridgehead atoms. The summed E-state index contributed by atoms with van der Waals surface area (Å²) < 4.78 is 6.84. The highest BCUT2D eigenvalue weighted by molar-refractivity contribution is 9.10. The van der Waals surface area contributed by atoms with Crippen LogP contribution in [-0.2, 0) is 0 Å². The Labute approximate surface area is 130 Å². The minimum absolute atomic E-state index is 0.457. The van der Waals surface area contributed by atoms with Crippen molar-refractivity contribution >= 4 is 33.0 Å². The van der Waals surface area contributed by atoms with Crippen molar-refractivity contribution in [2.75, 3.05) is 11.9 Å². The van der Waals surface area contributed by atoms with E-state index in [-0.39, 0.29) is 0 Å². The first kappa shape index (κ1) is 13.8. The Hall–Kier alpha value is -2.15. The summed E-state index contributed by atoms with van der Waals surface area (Å²) in [6, 6.07) is 7.56. The van der Waals surface area contributed by atoms with Gasteiger partial charge >= 0.3 is 0 Å². The van der Waals surface area contributed by atoms with Crippen LogP contribution in [0.4, 0.5) is 5.95 Å². The molecule has 21 heavy (non-hydrogen) atoms. The van der Waals surface area contributed by atoms with Crippen molar-refractivity contribution in [1.29, 1.82) is 0 Å². The molecule has 0 aliphatic heterocycles. The standard InChI is InChI=1S/C14H14BrN5O/c1-2-7-16-14-19-12-11(17-8-18-12)13(20-14)21-10-5-3-9(15)4-6-10/h3-6,8H,2,7H2,1H3,(H2,16,17,18,19,20). The normalized spacial score (nSPS) is 10.8. The molecular weight excluding hydrogens is 334 g/mol. The van der Waals surface area contributed by atoms with E-state index in [9.17, 15) is 0 Å². The highest BCUT2D eigenvalue weighted by atomic mass is 79.9. The number of H-pyrrole nitrogens is 1. The van der Waals surface area contributed by atoms with Crippen LogP contribution < -0.4 is 10.1 Å². The van der Waals surface area contributed by atoms with Crippen molar-refractivity contribution in [2.24, 2.45) is 0 Å². The minimum Gasteiger partial charge on any atom is -0.437 e. The molecule has 2 aromatic heterocycles. The molecule has 108 valence electrons. The van der Waals surface area contributed by atoms with Crippen LogP contribution in [0.5, 0.6) is 11.6 Å². The van der Waals surface area contributed by atoms with Crippen LogP contribution in [0.2, 0.25) is 0 Å². The smallest absolute Gasteiger partial charge is 0.250 e. The second-order valence-corrected chi connectivity index (χ2v) is 5.35. The van der Waals surface area contributed by atoms with Crippen LogP contribution in [0.1, 0.15) is 13.3 Å². The van der Waals surface area contributed by atoms with Crippen LogP contribution in [0.25, 0.3) is 11.2 Å². The summed E-state index contributed by atoms with van der Waals surface area (Å²) in [5, 5.41) is 3.15. The van der Waals surface area contributed by atoms with Gasteiger partial charge in [0.2, 0.25) is 5.95 Å². The molecule has 3 aromatic rings. The fourth-order valence-corrected chi connectivity index (χ4v) is 2.07. The quantitative estimate of drug-likeness (QED) is 0.735. The molecule has 0 amide bonds. The van der Waals surface area contributed by atoms with Gasteiger partial charge in [-0.15, -0.1) is 0 Å². The van der Waals surface area contributed by atoms with E-state index in [4.69, 9.17) is 4.74 Å². The molecule has 1 aromatic carbocycles. The highest BCUT2D eigenvalue weighted by Crippen LogP contribution is 2.27. The van der Waals surface area contributed by atoms with Gasteiger partial charge in [-0.1, -0.05) is 22.9 Å². The van der Waals surface area contributed by atoms with Crippen LogP contribution in [-0.4, -0.2) is 26.5 Å². The molecule has 2 heterocycles. The maximum absolute atomic E-state index is 5.84. The maximum Gasteiger partial charge on any atom is 0.250 e. The molecule has 0 aliphatic rings. The van der Waals surface area contributed by atoms with Gasteiger partial charge in [-0.05, 0) is 30.7 Å². The molecule has 0 aliphatic carbocycles. The van der Waals surface area contributed by atoms with Crippen molar-refractivity contribution in [2.45, 2.75) is 13.3 Å². The molecular formula is C14H14BrN5O. The lowest BCUT2D eigenvalue weighted by molar-refractivity contribution is 0.468. The first-order chi connectivity index (χ1) is 10.3. The molecule has 0 saturated carbocycles. The number of nitrogens with one attached hydrogen (secondary N) is 2. The van der Waals surface area contributed by atoms with Crippen molar-refractivity contribution in [3.8, 4) is 11.6 Å². The SMILES string of the molecule is CCCNc1nc(Oc2ccc(Br)cc2)c2[nH]cnc2n1. The second kappa shape index (κ2) is 6.09. The number of halogens is 1. The molecule has 6 nitrogen and oxygen atoms in total. The first-order valence-corrected chi connectivity index (χ1v) is 7.44. The molecule has 7 heteroatoms. The number of rotatable bonds is 5. The van der Waals surface area contributed by atoms with Gasteiger partial charge in [0.1, 0.15) is 11.3 Å². The van der Waals surface area contributed by atoms with Crippen molar-refractivity contribution in [1.82, 2.24) is 19.9 Å². The molecule has 0 fully saturated rings. The Balaban J connectivity index is 1.95. The monoisotopic (exact) mass is 347 g/mol. The Morgan fingerprint density at radius 1 is 1.24 bits per heavy atom. The van der Waals surface area contributed by atoms with Crippen LogP contribution in [0.3, 0.4) is 0 Å².